The number of anilines is 1. The smallest absolute Gasteiger partial charge is 0.269 e. The van der Waals surface area contributed by atoms with Crippen molar-refractivity contribution < 1.29 is 9.72 Å². The van der Waals surface area contributed by atoms with Crippen LogP contribution >= 0.6 is 0 Å². The van der Waals surface area contributed by atoms with E-state index >= 15 is 0 Å². The fourth-order valence-corrected chi connectivity index (χ4v) is 3.30. The van der Waals surface area contributed by atoms with Crippen molar-refractivity contribution in [3.63, 3.8) is 0 Å². The number of hydrogen-bond acceptors (Lipinski definition) is 4. The Balaban J connectivity index is 1.63. The van der Waals surface area contributed by atoms with Gasteiger partial charge in [0.15, 0.2) is 0 Å². The molecule has 3 aromatic carbocycles. The average Bonchev–Trinajstić information content (AvgIpc) is 3.26. The number of rotatable bonds is 5. The van der Waals surface area contributed by atoms with Crippen LogP contribution in [0.15, 0.2) is 90.6 Å². The zero-order chi connectivity index (χ0) is 21.8. The lowest BCUT2D eigenvalue weighted by Gasteiger charge is -2.09. The van der Waals surface area contributed by atoms with E-state index in [0.29, 0.717) is 17.1 Å². The maximum Gasteiger partial charge on any atom is 0.269 e. The van der Waals surface area contributed by atoms with Crippen molar-refractivity contribution in [1.82, 2.24) is 4.57 Å². The number of amides is 1. The molecule has 4 aromatic rings. The molecule has 0 fully saturated rings. The molecule has 1 heterocycles. The first-order valence-corrected chi connectivity index (χ1v) is 9.40. The second-order valence-electron chi connectivity index (χ2n) is 6.73. The third-order valence-electron chi connectivity index (χ3n) is 4.81. The first kappa shape index (κ1) is 19.6. The number of carbonyl (C=O) groups is 1. The summed E-state index contributed by atoms with van der Waals surface area (Å²) >= 11 is 0. The van der Waals surface area contributed by atoms with Crippen LogP contribution in [0.4, 0.5) is 11.4 Å². The van der Waals surface area contributed by atoms with E-state index in [1.54, 1.807) is 41.1 Å². The molecule has 0 radical (unpaired) electrons. The molecule has 0 aliphatic carbocycles. The Kier molecular flexibility index (Phi) is 5.28. The summed E-state index contributed by atoms with van der Waals surface area (Å²) in [4.78, 5) is 23.2. The summed E-state index contributed by atoms with van der Waals surface area (Å²) < 4.78 is 1.74. The van der Waals surface area contributed by atoms with Gasteiger partial charge >= 0.3 is 0 Å². The number of non-ortho nitro benzene ring substituents is 1. The maximum absolute atomic E-state index is 12.8. The third-order valence-corrected chi connectivity index (χ3v) is 4.81. The lowest BCUT2D eigenvalue weighted by molar-refractivity contribution is -0.384. The van der Waals surface area contributed by atoms with Crippen LogP contribution in [0.2, 0.25) is 0 Å². The summed E-state index contributed by atoms with van der Waals surface area (Å²) in [5.74, 6) is -0.518. The Bertz CT molecular complexity index is 1360. The Morgan fingerprint density at radius 2 is 1.74 bits per heavy atom. The lowest BCUT2D eigenvalue weighted by atomic mass is 10.1. The molecular formula is C24H16N4O3. The first-order valence-electron chi connectivity index (χ1n) is 9.40. The zero-order valence-corrected chi connectivity index (χ0v) is 16.2. The van der Waals surface area contributed by atoms with Crippen LogP contribution in [0.25, 0.3) is 22.5 Å². The highest BCUT2D eigenvalue weighted by Crippen LogP contribution is 2.24. The minimum atomic E-state index is -0.518. The van der Waals surface area contributed by atoms with Gasteiger partial charge in [0.1, 0.15) is 11.6 Å². The lowest BCUT2D eigenvalue weighted by Crippen LogP contribution is -2.14. The van der Waals surface area contributed by atoms with E-state index in [4.69, 9.17) is 0 Å². The average molecular weight is 408 g/mol. The van der Waals surface area contributed by atoms with E-state index in [9.17, 15) is 20.2 Å². The van der Waals surface area contributed by atoms with Crippen LogP contribution in [0, 0.1) is 21.4 Å². The van der Waals surface area contributed by atoms with Gasteiger partial charge in [-0.3, -0.25) is 14.9 Å². The van der Waals surface area contributed by atoms with Gasteiger partial charge in [0.2, 0.25) is 0 Å². The molecule has 4 rings (SSSR count). The molecule has 0 atom stereocenters. The van der Waals surface area contributed by atoms with Crippen LogP contribution in [0.5, 0.6) is 0 Å². The molecule has 0 spiro atoms. The molecule has 0 bridgehead atoms. The molecule has 0 aliphatic heterocycles. The van der Waals surface area contributed by atoms with Crippen LogP contribution in [0.1, 0.15) is 5.69 Å². The van der Waals surface area contributed by atoms with Crippen molar-refractivity contribution >= 4 is 34.1 Å². The van der Waals surface area contributed by atoms with E-state index in [1.165, 1.54) is 18.2 Å². The number of nitriles is 1. The summed E-state index contributed by atoms with van der Waals surface area (Å²) in [6.45, 7) is 0. The van der Waals surface area contributed by atoms with Crippen molar-refractivity contribution in [2.24, 2.45) is 0 Å². The molecule has 150 valence electrons. The molecule has 31 heavy (non-hydrogen) atoms. The number of carbonyl (C=O) groups excluding carboxylic acids is 1. The van der Waals surface area contributed by atoms with Gasteiger partial charge in [0.05, 0.1) is 4.92 Å². The van der Waals surface area contributed by atoms with Gasteiger partial charge in [-0.1, -0.05) is 36.4 Å². The Labute approximate surface area is 177 Å². The normalized spacial score (nSPS) is 11.1. The number of benzene rings is 3. The number of nitro benzene ring substituents is 1. The molecule has 0 aliphatic rings. The number of fused-ring (bicyclic) bond motifs is 1. The second kappa shape index (κ2) is 8.35. The minimum absolute atomic E-state index is 0.0137. The van der Waals surface area contributed by atoms with E-state index in [1.807, 2.05) is 42.5 Å². The first-order chi connectivity index (χ1) is 15.1. The second-order valence-corrected chi connectivity index (χ2v) is 6.73. The highest BCUT2D eigenvalue weighted by Gasteiger charge is 2.13. The molecule has 1 aromatic heterocycles. The van der Waals surface area contributed by atoms with Crippen molar-refractivity contribution in [2.75, 3.05) is 5.32 Å². The van der Waals surface area contributed by atoms with Crippen molar-refractivity contribution in [3.05, 3.63) is 106 Å². The molecular weight excluding hydrogens is 392 g/mol. The largest absolute Gasteiger partial charge is 0.321 e. The summed E-state index contributed by atoms with van der Waals surface area (Å²) in [7, 11) is 0. The topological polar surface area (TPSA) is 101 Å². The van der Waals surface area contributed by atoms with Crippen LogP contribution in [-0.4, -0.2) is 15.4 Å². The number of nitrogens with one attached hydrogen (secondary N) is 1. The fourth-order valence-electron chi connectivity index (χ4n) is 3.30. The molecule has 0 saturated heterocycles. The van der Waals surface area contributed by atoms with Gasteiger partial charge in [-0.05, 0) is 41.8 Å². The van der Waals surface area contributed by atoms with Gasteiger partial charge in [0.25, 0.3) is 11.6 Å². The van der Waals surface area contributed by atoms with Crippen molar-refractivity contribution in [3.8, 4) is 11.8 Å². The number of aromatic nitrogens is 1. The Hall–Kier alpha value is -4.70. The Morgan fingerprint density at radius 3 is 2.48 bits per heavy atom. The SMILES string of the molecule is N#C/C(=C\c1cccn1-c1ccc([N+](=O)[O-])cc1)C(=O)Nc1cccc2ccccc12. The standard InChI is InChI=1S/C24H16N4O3/c25-16-18(24(29)26-23-9-3-6-17-5-1-2-8-22(17)23)15-21-7-4-14-27(21)19-10-12-20(13-11-19)28(30)31/h1-15H,(H,26,29)/b18-15+. The Morgan fingerprint density at radius 1 is 1.00 bits per heavy atom. The van der Waals surface area contributed by atoms with Crippen LogP contribution in [-0.2, 0) is 4.79 Å². The van der Waals surface area contributed by atoms with E-state index < -0.39 is 10.8 Å². The number of nitro groups is 1. The predicted octanol–water partition coefficient (Wildman–Crippen LogP) is 5.08. The molecule has 0 saturated carbocycles. The van der Waals surface area contributed by atoms with Gasteiger partial charge < -0.3 is 9.88 Å². The molecule has 1 N–H and O–H groups in total. The third kappa shape index (κ3) is 4.04. The molecule has 0 unspecified atom stereocenters. The monoisotopic (exact) mass is 408 g/mol. The molecule has 1 amide bonds. The summed E-state index contributed by atoms with van der Waals surface area (Å²) in [5, 5.41) is 25.1. The van der Waals surface area contributed by atoms with Gasteiger partial charge in [-0.25, -0.2) is 0 Å². The minimum Gasteiger partial charge on any atom is -0.321 e. The fraction of sp³-hybridized carbons (Fsp3) is 0. The number of nitrogens with zero attached hydrogens (tertiary/aromatic N) is 3. The van der Waals surface area contributed by atoms with Gasteiger partial charge in [0, 0.05) is 40.8 Å². The summed E-state index contributed by atoms with van der Waals surface area (Å²) in [5.41, 5.74) is 1.82. The van der Waals surface area contributed by atoms with Crippen LogP contribution in [0.3, 0.4) is 0 Å². The molecule has 7 nitrogen and oxygen atoms in total. The number of hydrogen-bond donors (Lipinski definition) is 1. The quantitative estimate of drug-likeness (QED) is 0.215. The maximum atomic E-state index is 12.8. The van der Waals surface area contributed by atoms with E-state index in [2.05, 4.69) is 5.32 Å². The van der Waals surface area contributed by atoms with Crippen molar-refractivity contribution in [2.45, 2.75) is 0 Å². The van der Waals surface area contributed by atoms with Gasteiger partial charge in [-0.15, -0.1) is 0 Å². The van der Waals surface area contributed by atoms with E-state index in [-0.39, 0.29) is 11.3 Å². The zero-order valence-electron chi connectivity index (χ0n) is 16.2. The van der Waals surface area contributed by atoms with Crippen molar-refractivity contribution in [1.29, 1.82) is 5.26 Å². The van der Waals surface area contributed by atoms with E-state index in [0.717, 1.165) is 10.8 Å². The highest BCUT2D eigenvalue weighted by atomic mass is 16.6. The van der Waals surface area contributed by atoms with Crippen LogP contribution < -0.4 is 5.32 Å². The highest BCUT2D eigenvalue weighted by molar-refractivity contribution is 6.12. The van der Waals surface area contributed by atoms with Gasteiger partial charge in [-0.2, -0.15) is 5.26 Å². The predicted molar refractivity (Wildman–Crippen MR) is 119 cm³/mol. The summed E-state index contributed by atoms with van der Waals surface area (Å²) in [6.07, 6.45) is 3.24. The molecule has 7 heteroatoms. The summed E-state index contributed by atoms with van der Waals surface area (Å²) in [6, 6.07) is 24.7.